The van der Waals surface area contributed by atoms with E-state index in [-0.39, 0.29) is 0 Å². The highest BCUT2D eigenvalue weighted by molar-refractivity contribution is 7.10. The van der Waals surface area contributed by atoms with E-state index in [1.807, 2.05) is 23.0 Å². The lowest BCUT2D eigenvalue weighted by atomic mass is 10.1. The van der Waals surface area contributed by atoms with Crippen molar-refractivity contribution in [3.63, 3.8) is 0 Å². The molecule has 0 saturated carbocycles. The highest BCUT2D eigenvalue weighted by Crippen LogP contribution is 2.23. The highest BCUT2D eigenvalue weighted by atomic mass is 32.1. The summed E-state index contributed by atoms with van der Waals surface area (Å²) in [6, 6.07) is 4.81. The Morgan fingerprint density at radius 1 is 1.41 bits per heavy atom. The Morgan fingerprint density at radius 2 is 2.35 bits per heavy atom. The lowest BCUT2D eigenvalue weighted by Crippen LogP contribution is -2.21. The van der Waals surface area contributed by atoms with Crippen LogP contribution in [0.25, 0.3) is 0 Å². The molecule has 1 atom stereocenters. The van der Waals surface area contributed by atoms with E-state index >= 15 is 0 Å². The average molecular weight is 266 g/mol. The van der Waals surface area contributed by atoms with Crippen molar-refractivity contribution in [3.05, 3.63) is 39.0 Å². The number of hydrogen-bond donors (Lipinski definition) is 1. The molecule has 2 nitrogen and oxygen atoms in total. The molecule has 0 radical (unpaired) electrons. The number of nitrogens with zero attached hydrogens (tertiary/aromatic N) is 1. The first kappa shape index (κ1) is 12.7. The molecule has 0 aromatic carbocycles. The van der Waals surface area contributed by atoms with E-state index in [9.17, 15) is 0 Å². The lowest BCUT2D eigenvalue weighted by Gasteiger charge is -2.16. The summed E-state index contributed by atoms with van der Waals surface area (Å²) in [5.41, 5.74) is 1.92. The molecule has 2 aromatic heterocycles. The standard InChI is InChI=1S/C13H18N2S2/c1-2-7-15-12(13-9-14-10-17-13)6-5-11-4-3-8-16-11/h3-4,8-10,12,15H,2,5-7H2,1H3. The maximum atomic E-state index is 4.18. The van der Waals surface area contributed by atoms with Crippen molar-refractivity contribution in [1.82, 2.24) is 10.3 Å². The van der Waals surface area contributed by atoms with Crippen LogP contribution in [-0.4, -0.2) is 11.5 Å². The first-order valence-electron chi connectivity index (χ1n) is 6.04. The normalized spacial score (nSPS) is 12.8. The Balaban J connectivity index is 1.91. The monoisotopic (exact) mass is 266 g/mol. The van der Waals surface area contributed by atoms with Crippen molar-refractivity contribution in [2.75, 3.05) is 6.54 Å². The SMILES string of the molecule is CCCNC(CCc1cccs1)c1cncs1. The smallest absolute Gasteiger partial charge is 0.0794 e. The van der Waals surface area contributed by atoms with E-state index in [1.165, 1.54) is 16.2 Å². The number of aryl methyl sites for hydroxylation is 1. The molecule has 0 spiro atoms. The molecule has 4 heteroatoms. The van der Waals surface area contributed by atoms with Gasteiger partial charge in [0.1, 0.15) is 0 Å². The van der Waals surface area contributed by atoms with Crippen LogP contribution in [-0.2, 0) is 6.42 Å². The van der Waals surface area contributed by atoms with Crippen LogP contribution in [0.5, 0.6) is 0 Å². The lowest BCUT2D eigenvalue weighted by molar-refractivity contribution is 0.507. The average Bonchev–Trinajstić information content (AvgIpc) is 3.01. The quantitative estimate of drug-likeness (QED) is 0.822. The minimum absolute atomic E-state index is 0.463. The van der Waals surface area contributed by atoms with Gasteiger partial charge in [-0.2, -0.15) is 0 Å². The van der Waals surface area contributed by atoms with Gasteiger partial charge in [0.25, 0.3) is 0 Å². The first-order chi connectivity index (χ1) is 8.40. The Hall–Kier alpha value is -0.710. The molecule has 0 amide bonds. The summed E-state index contributed by atoms with van der Waals surface area (Å²) in [7, 11) is 0. The number of rotatable bonds is 7. The Labute approximate surface area is 111 Å². The van der Waals surface area contributed by atoms with E-state index in [0.717, 1.165) is 19.4 Å². The molecule has 92 valence electrons. The summed E-state index contributed by atoms with van der Waals surface area (Å²) >= 11 is 3.59. The van der Waals surface area contributed by atoms with Gasteiger partial charge in [0.05, 0.1) is 5.51 Å². The minimum atomic E-state index is 0.463. The third-order valence-corrected chi connectivity index (χ3v) is 4.52. The van der Waals surface area contributed by atoms with Crippen molar-refractivity contribution >= 4 is 22.7 Å². The van der Waals surface area contributed by atoms with E-state index in [0.29, 0.717) is 6.04 Å². The van der Waals surface area contributed by atoms with E-state index < -0.39 is 0 Å². The number of thiophene rings is 1. The van der Waals surface area contributed by atoms with Gasteiger partial charge in [-0.15, -0.1) is 22.7 Å². The molecule has 0 aliphatic carbocycles. The number of thiazole rings is 1. The summed E-state index contributed by atoms with van der Waals surface area (Å²) < 4.78 is 0. The number of aromatic nitrogens is 1. The second kappa shape index (κ2) is 6.89. The maximum absolute atomic E-state index is 4.18. The van der Waals surface area contributed by atoms with Crippen LogP contribution in [0.3, 0.4) is 0 Å². The predicted octanol–water partition coefficient (Wildman–Crippen LogP) is 3.88. The first-order valence-corrected chi connectivity index (χ1v) is 7.80. The second-order valence-electron chi connectivity index (χ2n) is 4.03. The second-order valence-corrected chi connectivity index (χ2v) is 5.98. The highest BCUT2D eigenvalue weighted by Gasteiger charge is 2.12. The molecule has 17 heavy (non-hydrogen) atoms. The van der Waals surface area contributed by atoms with Crippen molar-refractivity contribution in [1.29, 1.82) is 0 Å². The molecule has 2 heterocycles. The topological polar surface area (TPSA) is 24.9 Å². The summed E-state index contributed by atoms with van der Waals surface area (Å²) in [4.78, 5) is 7.00. The van der Waals surface area contributed by atoms with Gasteiger partial charge in [-0.25, -0.2) is 0 Å². The van der Waals surface area contributed by atoms with Crippen molar-refractivity contribution in [2.24, 2.45) is 0 Å². The van der Waals surface area contributed by atoms with Crippen LogP contribution in [0.1, 0.15) is 35.6 Å². The molecule has 2 aromatic rings. The molecule has 0 fully saturated rings. The van der Waals surface area contributed by atoms with Gasteiger partial charge >= 0.3 is 0 Å². The predicted molar refractivity (Wildman–Crippen MR) is 75.8 cm³/mol. The summed E-state index contributed by atoms with van der Waals surface area (Å²) in [6.07, 6.45) is 5.47. The van der Waals surface area contributed by atoms with Gasteiger partial charge < -0.3 is 5.32 Å². The third-order valence-electron chi connectivity index (χ3n) is 2.70. The van der Waals surface area contributed by atoms with Crippen molar-refractivity contribution in [2.45, 2.75) is 32.2 Å². The maximum Gasteiger partial charge on any atom is 0.0794 e. The Kier molecular flexibility index (Phi) is 5.16. The summed E-state index contributed by atoms with van der Waals surface area (Å²) in [5, 5.41) is 5.76. The van der Waals surface area contributed by atoms with Gasteiger partial charge in [-0.1, -0.05) is 13.0 Å². The molecule has 1 unspecified atom stereocenters. The number of hydrogen-bond acceptors (Lipinski definition) is 4. The molecular formula is C13H18N2S2. The van der Waals surface area contributed by atoms with Crippen molar-refractivity contribution in [3.8, 4) is 0 Å². The fourth-order valence-corrected chi connectivity index (χ4v) is 3.26. The fourth-order valence-electron chi connectivity index (χ4n) is 1.80. The summed E-state index contributed by atoms with van der Waals surface area (Å²) in [6.45, 7) is 3.28. The van der Waals surface area contributed by atoms with E-state index in [1.54, 1.807) is 11.3 Å². The van der Waals surface area contributed by atoms with Crippen LogP contribution in [0.4, 0.5) is 0 Å². The molecule has 0 bridgehead atoms. The molecule has 0 saturated heterocycles. The molecule has 0 aliphatic rings. The molecule has 2 rings (SSSR count). The van der Waals surface area contributed by atoms with Crippen LogP contribution in [0.2, 0.25) is 0 Å². The van der Waals surface area contributed by atoms with Crippen LogP contribution >= 0.6 is 22.7 Å². The zero-order valence-corrected chi connectivity index (χ0v) is 11.7. The van der Waals surface area contributed by atoms with Gasteiger partial charge in [0.15, 0.2) is 0 Å². The molecule has 0 aliphatic heterocycles. The zero-order chi connectivity index (χ0) is 11.9. The zero-order valence-electron chi connectivity index (χ0n) is 10.1. The molecular weight excluding hydrogens is 248 g/mol. The Bertz CT molecular complexity index is 395. The Morgan fingerprint density at radius 3 is 3.00 bits per heavy atom. The summed E-state index contributed by atoms with van der Waals surface area (Å²) in [5.74, 6) is 0. The van der Waals surface area contributed by atoms with Crippen LogP contribution in [0, 0.1) is 0 Å². The van der Waals surface area contributed by atoms with E-state index in [4.69, 9.17) is 0 Å². The third kappa shape index (κ3) is 3.91. The van der Waals surface area contributed by atoms with E-state index in [2.05, 4.69) is 34.7 Å². The largest absolute Gasteiger partial charge is 0.309 e. The van der Waals surface area contributed by atoms with Gasteiger partial charge in [0, 0.05) is 22.0 Å². The van der Waals surface area contributed by atoms with Crippen molar-refractivity contribution < 1.29 is 0 Å². The van der Waals surface area contributed by atoms with Gasteiger partial charge in [0.2, 0.25) is 0 Å². The van der Waals surface area contributed by atoms with Crippen LogP contribution < -0.4 is 5.32 Å². The number of nitrogens with one attached hydrogen (secondary N) is 1. The van der Waals surface area contributed by atoms with Gasteiger partial charge in [-0.3, -0.25) is 4.98 Å². The fraction of sp³-hybridized carbons (Fsp3) is 0.462. The van der Waals surface area contributed by atoms with Crippen LogP contribution in [0.15, 0.2) is 29.2 Å². The van der Waals surface area contributed by atoms with Gasteiger partial charge in [-0.05, 0) is 37.3 Å². The minimum Gasteiger partial charge on any atom is -0.309 e. The molecule has 1 N–H and O–H groups in total.